The van der Waals surface area contributed by atoms with Crippen LogP contribution in [-0.2, 0) is 0 Å². The van der Waals surface area contributed by atoms with Crippen molar-refractivity contribution < 1.29 is 27.4 Å². The third-order valence-corrected chi connectivity index (χ3v) is 6.28. The third-order valence-electron chi connectivity index (χ3n) is 6.28. The maximum atomic E-state index is 13.6. The van der Waals surface area contributed by atoms with Gasteiger partial charge in [-0.3, -0.25) is 9.20 Å². The Morgan fingerprint density at radius 3 is 2.85 bits per heavy atom. The zero-order valence-corrected chi connectivity index (χ0v) is 17.6. The molecular formula is C23H18F3N5O3. The number of ether oxygens (including phenoxy) is 2. The number of nitrogens with zero attached hydrogens (tertiary/aromatic N) is 4. The van der Waals surface area contributed by atoms with Gasteiger partial charge in [0.2, 0.25) is 0 Å². The van der Waals surface area contributed by atoms with Gasteiger partial charge in [0.1, 0.15) is 28.9 Å². The molecule has 2 aliphatic rings. The molecule has 4 aromatic rings. The molecule has 1 amide bonds. The maximum Gasteiger partial charge on any atom is 0.573 e. The largest absolute Gasteiger partial charge is 0.573 e. The number of alkyl halides is 3. The Labute approximate surface area is 190 Å². The lowest BCUT2D eigenvalue weighted by atomic mass is 9.93. The number of halogens is 3. The average Bonchev–Trinajstić information content (AvgIpc) is 3.42. The van der Waals surface area contributed by atoms with E-state index < -0.39 is 12.4 Å². The van der Waals surface area contributed by atoms with Crippen LogP contribution in [0, 0.1) is 0 Å². The molecule has 2 aromatic carbocycles. The monoisotopic (exact) mass is 469 g/mol. The lowest BCUT2D eigenvalue weighted by Gasteiger charge is -2.36. The van der Waals surface area contributed by atoms with Gasteiger partial charge in [-0.1, -0.05) is 0 Å². The van der Waals surface area contributed by atoms with Crippen LogP contribution in [0.3, 0.4) is 0 Å². The summed E-state index contributed by atoms with van der Waals surface area (Å²) in [6.07, 6.45) is -0.509. The summed E-state index contributed by atoms with van der Waals surface area (Å²) in [5, 5.41) is 0. The van der Waals surface area contributed by atoms with Crippen molar-refractivity contribution in [2.45, 2.75) is 31.3 Å². The Bertz CT molecular complexity index is 1450. The fourth-order valence-electron chi connectivity index (χ4n) is 4.87. The molecule has 6 rings (SSSR count). The molecule has 34 heavy (non-hydrogen) atoms. The Morgan fingerprint density at radius 1 is 1.18 bits per heavy atom. The van der Waals surface area contributed by atoms with E-state index >= 15 is 0 Å². The first-order valence-electron chi connectivity index (χ1n) is 10.7. The number of aromatic nitrogens is 3. The summed E-state index contributed by atoms with van der Waals surface area (Å²) in [6, 6.07) is 8.79. The van der Waals surface area contributed by atoms with Crippen molar-refractivity contribution >= 4 is 28.3 Å². The first-order chi connectivity index (χ1) is 16.3. The standard InChI is InChI=1S/C23H18F3N5O3/c24-23(25,26)34-13-4-5-14-19(9-13)33-18-2-1-7-30(20(14)18)22(32)12-3-6-15-16(8-12)31-11-28-10-17(31)21(27)29-15/h3-6,8-11,18,20H,1-2,7H2,(H2,27,29)/t18-,20-/m0/s1. The molecule has 2 atom stereocenters. The van der Waals surface area contributed by atoms with Gasteiger partial charge in [-0.05, 0) is 43.2 Å². The number of hydrogen-bond donors (Lipinski definition) is 1. The van der Waals surface area contributed by atoms with Crippen LogP contribution in [0.4, 0.5) is 19.0 Å². The van der Waals surface area contributed by atoms with E-state index in [2.05, 4.69) is 14.7 Å². The van der Waals surface area contributed by atoms with E-state index in [1.54, 1.807) is 40.0 Å². The van der Waals surface area contributed by atoms with Gasteiger partial charge >= 0.3 is 6.36 Å². The second-order valence-electron chi connectivity index (χ2n) is 8.34. The van der Waals surface area contributed by atoms with E-state index in [9.17, 15) is 18.0 Å². The van der Waals surface area contributed by atoms with Crippen LogP contribution >= 0.6 is 0 Å². The van der Waals surface area contributed by atoms with E-state index in [4.69, 9.17) is 10.5 Å². The minimum absolute atomic E-state index is 0.200. The lowest BCUT2D eigenvalue weighted by Crippen LogP contribution is -2.44. The van der Waals surface area contributed by atoms with E-state index in [-0.39, 0.29) is 17.8 Å². The number of imidazole rings is 1. The van der Waals surface area contributed by atoms with E-state index in [0.29, 0.717) is 58.6 Å². The molecule has 2 N–H and O–H groups in total. The summed E-state index contributed by atoms with van der Waals surface area (Å²) in [5.74, 6) is 0.0912. The van der Waals surface area contributed by atoms with Gasteiger partial charge < -0.3 is 20.1 Å². The van der Waals surface area contributed by atoms with Crippen molar-refractivity contribution in [1.29, 1.82) is 0 Å². The highest BCUT2D eigenvalue weighted by atomic mass is 19.4. The molecule has 0 spiro atoms. The smallest absolute Gasteiger partial charge is 0.487 e. The number of nitrogen functional groups attached to an aromatic ring is 1. The van der Waals surface area contributed by atoms with Gasteiger partial charge in [-0.25, -0.2) is 9.97 Å². The molecule has 2 aromatic heterocycles. The molecule has 0 bridgehead atoms. The average molecular weight is 469 g/mol. The van der Waals surface area contributed by atoms with Gasteiger partial charge in [0.25, 0.3) is 5.91 Å². The minimum Gasteiger partial charge on any atom is -0.487 e. The summed E-state index contributed by atoms with van der Waals surface area (Å²) < 4.78 is 49.6. The summed E-state index contributed by atoms with van der Waals surface area (Å²) in [4.78, 5) is 23.9. The van der Waals surface area contributed by atoms with Crippen LogP contribution in [0.25, 0.3) is 16.6 Å². The Morgan fingerprint density at radius 2 is 2.03 bits per heavy atom. The first-order valence-corrected chi connectivity index (χ1v) is 10.7. The Kier molecular flexibility index (Phi) is 4.38. The maximum absolute atomic E-state index is 13.6. The normalized spacial score (nSPS) is 19.7. The molecule has 4 heterocycles. The van der Waals surface area contributed by atoms with Gasteiger partial charge in [0.15, 0.2) is 0 Å². The zero-order chi connectivity index (χ0) is 23.6. The molecular weight excluding hydrogens is 451 g/mol. The number of carbonyl (C=O) groups is 1. The van der Waals surface area contributed by atoms with E-state index in [1.165, 1.54) is 18.2 Å². The number of fused-ring (bicyclic) bond motifs is 6. The third kappa shape index (κ3) is 3.27. The van der Waals surface area contributed by atoms with Gasteiger partial charge in [0.05, 0.1) is 29.6 Å². The van der Waals surface area contributed by atoms with Crippen molar-refractivity contribution in [2.75, 3.05) is 12.3 Å². The second kappa shape index (κ2) is 7.24. The van der Waals surface area contributed by atoms with Crippen LogP contribution in [0.2, 0.25) is 0 Å². The van der Waals surface area contributed by atoms with Crippen molar-refractivity contribution in [3.8, 4) is 11.5 Å². The van der Waals surface area contributed by atoms with Crippen LogP contribution in [0.15, 0.2) is 48.9 Å². The summed E-state index contributed by atoms with van der Waals surface area (Å²) >= 11 is 0. The van der Waals surface area contributed by atoms with Crippen LogP contribution in [0.1, 0.15) is 34.8 Å². The van der Waals surface area contributed by atoms with E-state index in [0.717, 1.165) is 0 Å². The van der Waals surface area contributed by atoms with Gasteiger partial charge in [-0.2, -0.15) is 0 Å². The summed E-state index contributed by atoms with van der Waals surface area (Å²) in [7, 11) is 0. The minimum atomic E-state index is -4.79. The Balaban J connectivity index is 1.36. The Hall–Kier alpha value is -4.02. The molecule has 8 nitrogen and oxygen atoms in total. The number of anilines is 1. The predicted molar refractivity (Wildman–Crippen MR) is 115 cm³/mol. The molecule has 0 unspecified atom stereocenters. The number of nitrogens with two attached hydrogens (primary N) is 1. The highest BCUT2D eigenvalue weighted by molar-refractivity contribution is 5.98. The number of piperidine rings is 1. The highest BCUT2D eigenvalue weighted by Gasteiger charge is 2.43. The lowest BCUT2D eigenvalue weighted by molar-refractivity contribution is -0.274. The topological polar surface area (TPSA) is 95.0 Å². The molecule has 1 fully saturated rings. The number of rotatable bonds is 2. The van der Waals surface area contributed by atoms with Gasteiger partial charge in [-0.15, -0.1) is 13.2 Å². The van der Waals surface area contributed by atoms with E-state index in [1.807, 2.05) is 0 Å². The highest BCUT2D eigenvalue weighted by Crippen LogP contribution is 2.46. The molecule has 1 saturated heterocycles. The fourth-order valence-corrected chi connectivity index (χ4v) is 4.87. The van der Waals surface area contributed by atoms with Crippen molar-refractivity contribution in [3.05, 3.63) is 60.0 Å². The fraction of sp³-hybridized carbons (Fsp3) is 0.261. The summed E-state index contributed by atoms with van der Waals surface area (Å²) in [5.41, 5.74) is 9.09. The van der Waals surface area contributed by atoms with Gasteiger partial charge in [0, 0.05) is 23.7 Å². The van der Waals surface area contributed by atoms with Crippen LogP contribution in [0.5, 0.6) is 11.5 Å². The SMILES string of the molecule is Nc1nc2ccc(C(=O)N3CCC[C@@H]4Oc5cc(OC(F)(F)F)ccc5[C@@H]43)cc2n2cncc12. The summed E-state index contributed by atoms with van der Waals surface area (Å²) in [6.45, 7) is 0.502. The molecule has 174 valence electrons. The first kappa shape index (κ1) is 20.6. The number of carbonyl (C=O) groups excluding carboxylic acids is 1. The number of amides is 1. The molecule has 0 aliphatic carbocycles. The molecule has 0 radical (unpaired) electrons. The van der Waals surface area contributed by atoms with Crippen LogP contribution in [-0.4, -0.2) is 44.2 Å². The second-order valence-corrected chi connectivity index (χ2v) is 8.34. The van der Waals surface area contributed by atoms with Crippen molar-refractivity contribution in [3.63, 3.8) is 0 Å². The van der Waals surface area contributed by atoms with Crippen molar-refractivity contribution in [1.82, 2.24) is 19.3 Å². The van der Waals surface area contributed by atoms with Crippen molar-refractivity contribution in [2.24, 2.45) is 0 Å². The molecule has 2 aliphatic heterocycles. The zero-order valence-electron chi connectivity index (χ0n) is 17.6. The van der Waals surface area contributed by atoms with Crippen LogP contribution < -0.4 is 15.2 Å². The number of benzene rings is 2. The predicted octanol–water partition coefficient (Wildman–Crippen LogP) is 4.10. The number of likely N-dealkylation sites (tertiary alicyclic amines) is 1. The number of hydrogen-bond acceptors (Lipinski definition) is 6. The molecule has 11 heteroatoms. The molecule has 0 saturated carbocycles. The quantitative estimate of drug-likeness (QED) is 0.475.